The van der Waals surface area contributed by atoms with E-state index in [1.54, 1.807) is 35.6 Å². The van der Waals surface area contributed by atoms with Crippen molar-refractivity contribution in [2.75, 3.05) is 19.7 Å². The number of rotatable bonds is 9. The normalized spacial score (nSPS) is 12.8. The highest BCUT2D eigenvalue weighted by Gasteiger charge is 2.34. The molecule has 2 heterocycles. The highest BCUT2D eigenvalue weighted by molar-refractivity contribution is 7.09. The lowest BCUT2D eigenvalue weighted by Crippen LogP contribution is -2.32. The van der Waals surface area contributed by atoms with Gasteiger partial charge in [-0.3, -0.25) is 24.1 Å². The SMILES string of the molecule is O=C(COC(=O)CCCN1C(=O)c2ccccc2C1=O)NCCc1cccs1. The van der Waals surface area contributed by atoms with Gasteiger partial charge in [-0.25, -0.2) is 0 Å². The van der Waals surface area contributed by atoms with Gasteiger partial charge in [0.1, 0.15) is 0 Å². The third-order valence-corrected chi connectivity index (χ3v) is 5.21. The van der Waals surface area contributed by atoms with Gasteiger partial charge >= 0.3 is 5.97 Å². The topological polar surface area (TPSA) is 92.8 Å². The number of hydrogen-bond donors (Lipinski definition) is 1. The fourth-order valence-electron chi connectivity index (χ4n) is 2.87. The van der Waals surface area contributed by atoms with E-state index in [1.165, 1.54) is 4.88 Å². The number of hydrogen-bond acceptors (Lipinski definition) is 6. The largest absolute Gasteiger partial charge is 0.456 e. The number of thiophene rings is 1. The summed E-state index contributed by atoms with van der Waals surface area (Å²) in [5, 5.41) is 4.66. The molecule has 1 aliphatic heterocycles. The fraction of sp³-hybridized carbons (Fsp3) is 0.300. The van der Waals surface area contributed by atoms with Crippen LogP contribution >= 0.6 is 11.3 Å². The molecule has 0 bridgehead atoms. The van der Waals surface area contributed by atoms with Gasteiger partial charge in [-0.15, -0.1) is 11.3 Å². The van der Waals surface area contributed by atoms with E-state index < -0.39 is 5.97 Å². The van der Waals surface area contributed by atoms with Crippen molar-refractivity contribution in [1.82, 2.24) is 10.2 Å². The smallest absolute Gasteiger partial charge is 0.306 e. The second-order valence-electron chi connectivity index (χ2n) is 6.25. The lowest BCUT2D eigenvalue weighted by molar-refractivity contribution is -0.148. The number of nitrogens with one attached hydrogen (secondary N) is 1. The molecule has 1 aliphatic rings. The number of carbonyl (C=O) groups excluding carboxylic acids is 4. The van der Waals surface area contributed by atoms with Gasteiger partial charge in [0.05, 0.1) is 11.1 Å². The standard InChI is InChI=1S/C20H20N2O5S/c23-17(21-10-9-14-5-4-12-28-14)13-27-18(24)8-3-11-22-19(25)15-6-1-2-7-16(15)20(22)26/h1-2,4-7,12H,3,8-11,13H2,(H,21,23). The van der Waals surface area contributed by atoms with E-state index in [2.05, 4.69) is 5.32 Å². The summed E-state index contributed by atoms with van der Waals surface area (Å²) in [5.41, 5.74) is 0.767. The molecule has 28 heavy (non-hydrogen) atoms. The van der Waals surface area contributed by atoms with E-state index in [-0.39, 0.29) is 43.7 Å². The summed E-state index contributed by atoms with van der Waals surface area (Å²) >= 11 is 1.62. The molecular weight excluding hydrogens is 380 g/mol. The van der Waals surface area contributed by atoms with Crippen molar-refractivity contribution in [2.24, 2.45) is 0 Å². The molecule has 2 aromatic rings. The summed E-state index contributed by atoms with van der Waals surface area (Å²) < 4.78 is 4.94. The van der Waals surface area contributed by atoms with Crippen molar-refractivity contribution >= 4 is 35.0 Å². The number of amides is 3. The Balaban J connectivity index is 1.32. The molecule has 146 valence electrons. The Labute approximate surface area is 166 Å². The monoisotopic (exact) mass is 400 g/mol. The minimum Gasteiger partial charge on any atom is -0.456 e. The molecular formula is C20H20N2O5S. The zero-order chi connectivity index (χ0) is 19.9. The number of benzene rings is 1. The number of carbonyl (C=O) groups is 4. The van der Waals surface area contributed by atoms with Gasteiger partial charge in [-0.1, -0.05) is 18.2 Å². The van der Waals surface area contributed by atoms with Gasteiger partial charge in [-0.2, -0.15) is 0 Å². The third kappa shape index (κ3) is 4.83. The minimum atomic E-state index is -0.537. The van der Waals surface area contributed by atoms with Crippen LogP contribution < -0.4 is 5.32 Å². The van der Waals surface area contributed by atoms with Crippen LogP contribution in [0.3, 0.4) is 0 Å². The molecule has 0 saturated carbocycles. The lowest BCUT2D eigenvalue weighted by Gasteiger charge is -2.13. The second kappa shape index (κ2) is 9.27. The van der Waals surface area contributed by atoms with E-state index in [0.29, 0.717) is 17.7 Å². The summed E-state index contributed by atoms with van der Waals surface area (Å²) in [7, 11) is 0. The molecule has 3 amide bonds. The first-order chi connectivity index (χ1) is 13.6. The average molecular weight is 400 g/mol. The molecule has 1 N–H and O–H groups in total. The number of imide groups is 1. The van der Waals surface area contributed by atoms with Crippen LogP contribution in [0.25, 0.3) is 0 Å². The molecule has 3 rings (SSSR count). The van der Waals surface area contributed by atoms with Gasteiger partial charge in [0.2, 0.25) is 0 Å². The Bertz CT molecular complexity index is 843. The minimum absolute atomic E-state index is 0.0237. The molecule has 0 saturated heterocycles. The summed E-state index contributed by atoms with van der Waals surface area (Å²) in [5.74, 6) is -1.59. The Kier molecular flexibility index (Phi) is 6.54. The van der Waals surface area contributed by atoms with E-state index in [0.717, 1.165) is 11.3 Å². The van der Waals surface area contributed by atoms with Gasteiger partial charge in [0, 0.05) is 24.4 Å². The van der Waals surface area contributed by atoms with Crippen molar-refractivity contribution in [3.63, 3.8) is 0 Å². The van der Waals surface area contributed by atoms with Crippen LogP contribution in [0, 0.1) is 0 Å². The quantitative estimate of drug-likeness (QED) is 0.514. The van der Waals surface area contributed by atoms with Gasteiger partial charge < -0.3 is 10.1 Å². The molecule has 0 spiro atoms. The summed E-state index contributed by atoms with van der Waals surface area (Å²) in [4.78, 5) is 50.2. The summed E-state index contributed by atoms with van der Waals surface area (Å²) in [6.07, 6.45) is 1.04. The average Bonchev–Trinajstić information content (AvgIpc) is 3.29. The highest BCUT2D eigenvalue weighted by atomic mass is 32.1. The molecule has 8 heteroatoms. The Morgan fingerprint density at radius 1 is 1.04 bits per heavy atom. The van der Waals surface area contributed by atoms with Crippen LogP contribution in [-0.4, -0.2) is 48.3 Å². The number of ether oxygens (including phenoxy) is 1. The van der Waals surface area contributed by atoms with E-state index in [9.17, 15) is 19.2 Å². The highest BCUT2D eigenvalue weighted by Crippen LogP contribution is 2.22. The Morgan fingerprint density at radius 2 is 1.75 bits per heavy atom. The maximum Gasteiger partial charge on any atom is 0.306 e. The maximum atomic E-state index is 12.2. The van der Waals surface area contributed by atoms with Crippen LogP contribution in [0.1, 0.15) is 38.4 Å². The van der Waals surface area contributed by atoms with Crippen molar-refractivity contribution in [3.8, 4) is 0 Å². The van der Waals surface area contributed by atoms with Crippen molar-refractivity contribution in [2.45, 2.75) is 19.3 Å². The molecule has 0 fully saturated rings. The lowest BCUT2D eigenvalue weighted by atomic mass is 10.1. The van der Waals surface area contributed by atoms with E-state index >= 15 is 0 Å². The third-order valence-electron chi connectivity index (χ3n) is 4.28. The zero-order valence-corrected chi connectivity index (χ0v) is 16.0. The van der Waals surface area contributed by atoms with Crippen molar-refractivity contribution < 1.29 is 23.9 Å². The van der Waals surface area contributed by atoms with Crippen LogP contribution in [0.2, 0.25) is 0 Å². The molecule has 1 aromatic carbocycles. The first-order valence-electron chi connectivity index (χ1n) is 8.96. The van der Waals surface area contributed by atoms with Crippen LogP contribution in [0.5, 0.6) is 0 Å². The van der Waals surface area contributed by atoms with Crippen molar-refractivity contribution in [1.29, 1.82) is 0 Å². The number of nitrogens with zero attached hydrogens (tertiary/aromatic N) is 1. The predicted molar refractivity (Wildman–Crippen MR) is 103 cm³/mol. The summed E-state index contributed by atoms with van der Waals surface area (Å²) in [6.45, 7) is 0.279. The van der Waals surface area contributed by atoms with Gasteiger partial charge in [0.25, 0.3) is 17.7 Å². The Morgan fingerprint density at radius 3 is 2.39 bits per heavy atom. The van der Waals surface area contributed by atoms with Crippen LogP contribution in [0.15, 0.2) is 41.8 Å². The second-order valence-corrected chi connectivity index (χ2v) is 7.28. The molecule has 0 aliphatic carbocycles. The van der Waals surface area contributed by atoms with Gasteiger partial charge in [0.15, 0.2) is 6.61 Å². The summed E-state index contributed by atoms with van der Waals surface area (Å²) in [6, 6.07) is 10.6. The molecule has 1 aromatic heterocycles. The van der Waals surface area contributed by atoms with Crippen molar-refractivity contribution in [3.05, 3.63) is 57.8 Å². The number of fused-ring (bicyclic) bond motifs is 1. The zero-order valence-electron chi connectivity index (χ0n) is 15.2. The van der Waals surface area contributed by atoms with E-state index in [4.69, 9.17) is 4.74 Å². The van der Waals surface area contributed by atoms with Crippen LogP contribution in [-0.2, 0) is 20.7 Å². The molecule has 7 nitrogen and oxygen atoms in total. The number of esters is 1. The first kappa shape index (κ1) is 19.8. The molecule has 0 unspecified atom stereocenters. The van der Waals surface area contributed by atoms with E-state index in [1.807, 2.05) is 17.5 Å². The maximum absolute atomic E-state index is 12.2. The molecule has 0 radical (unpaired) electrons. The van der Waals surface area contributed by atoms with Gasteiger partial charge in [-0.05, 0) is 36.4 Å². The molecule has 0 atom stereocenters. The van der Waals surface area contributed by atoms with Crippen LogP contribution in [0.4, 0.5) is 0 Å². The fourth-order valence-corrected chi connectivity index (χ4v) is 3.58. The Hall–Kier alpha value is -3.00. The first-order valence-corrected chi connectivity index (χ1v) is 9.84. The predicted octanol–water partition coefficient (Wildman–Crippen LogP) is 2.03.